The molecule has 0 fully saturated rings. The van der Waals surface area contributed by atoms with E-state index in [1.165, 1.54) is 11.0 Å². The summed E-state index contributed by atoms with van der Waals surface area (Å²) in [6.45, 7) is 0.107. The summed E-state index contributed by atoms with van der Waals surface area (Å²) in [6.07, 6.45) is 0. The summed E-state index contributed by atoms with van der Waals surface area (Å²) in [5.41, 5.74) is 0.409. The van der Waals surface area contributed by atoms with E-state index >= 15 is 0 Å². The number of nitrogens with zero attached hydrogens (tertiary/aromatic N) is 1. The van der Waals surface area contributed by atoms with E-state index in [0.29, 0.717) is 5.69 Å². The zero-order valence-corrected chi connectivity index (χ0v) is 7.47. The topological polar surface area (TPSA) is 32.3 Å². The number of halogens is 2. The lowest BCUT2D eigenvalue weighted by molar-refractivity contribution is -0.115. The lowest BCUT2D eigenvalue weighted by atomic mass is 10.2. The van der Waals surface area contributed by atoms with E-state index in [2.05, 4.69) is 5.32 Å². The Morgan fingerprint density at radius 1 is 1.43 bits per heavy atom. The fraction of sp³-hybridized carbons (Fsp3) is 0.222. The number of fused-ring (bicyclic) bond motifs is 1. The first-order valence-electron chi connectivity index (χ1n) is 4.08. The van der Waals surface area contributed by atoms with E-state index in [1.54, 1.807) is 7.05 Å². The van der Waals surface area contributed by atoms with Crippen LogP contribution in [-0.4, -0.2) is 19.5 Å². The predicted molar refractivity (Wildman–Crippen MR) is 48.3 cm³/mol. The van der Waals surface area contributed by atoms with Crippen LogP contribution in [0.1, 0.15) is 0 Å². The maximum Gasteiger partial charge on any atom is 0.244 e. The molecule has 0 radical (unpaired) electrons. The van der Waals surface area contributed by atoms with Crippen molar-refractivity contribution < 1.29 is 13.6 Å². The number of nitrogens with one attached hydrogen (secondary N) is 1. The van der Waals surface area contributed by atoms with Crippen molar-refractivity contribution in [1.29, 1.82) is 0 Å². The molecule has 0 saturated heterocycles. The molecule has 0 unspecified atom stereocenters. The van der Waals surface area contributed by atoms with Crippen LogP contribution in [0.15, 0.2) is 12.1 Å². The van der Waals surface area contributed by atoms with Crippen LogP contribution in [-0.2, 0) is 4.79 Å². The van der Waals surface area contributed by atoms with Crippen molar-refractivity contribution in [3.63, 3.8) is 0 Å². The van der Waals surface area contributed by atoms with Gasteiger partial charge in [-0.25, -0.2) is 8.78 Å². The molecule has 1 aromatic rings. The van der Waals surface area contributed by atoms with E-state index in [0.717, 1.165) is 6.07 Å². The van der Waals surface area contributed by atoms with Crippen molar-refractivity contribution in [2.75, 3.05) is 23.8 Å². The van der Waals surface area contributed by atoms with Gasteiger partial charge in [0.25, 0.3) is 0 Å². The molecule has 74 valence electrons. The number of carbonyl (C=O) groups is 1. The van der Waals surface area contributed by atoms with Gasteiger partial charge >= 0.3 is 0 Å². The van der Waals surface area contributed by atoms with Crippen molar-refractivity contribution in [3.05, 3.63) is 23.8 Å². The molecule has 0 bridgehead atoms. The normalized spacial score (nSPS) is 15.1. The molecule has 1 aromatic carbocycles. The quantitative estimate of drug-likeness (QED) is 0.682. The third kappa shape index (κ3) is 1.30. The molecular weight excluding hydrogens is 190 g/mol. The van der Waals surface area contributed by atoms with Gasteiger partial charge in [0.05, 0.1) is 12.2 Å². The van der Waals surface area contributed by atoms with Crippen molar-refractivity contribution >= 4 is 17.3 Å². The monoisotopic (exact) mass is 198 g/mol. The summed E-state index contributed by atoms with van der Waals surface area (Å²) in [7, 11) is 1.61. The predicted octanol–water partition coefficient (Wildman–Crippen LogP) is 1.35. The molecule has 0 aromatic heterocycles. The number of hydrogen-bond donors (Lipinski definition) is 1. The summed E-state index contributed by atoms with van der Waals surface area (Å²) in [6, 6.07) is 1.94. The largest absolute Gasteiger partial charge is 0.363 e. The zero-order valence-electron chi connectivity index (χ0n) is 7.47. The minimum atomic E-state index is -0.750. The van der Waals surface area contributed by atoms with E-state index in [1.807, 2.05) is 0 Å². The number of benzene rings is 1. The zero-order chi connectivity index (χ0) is 10.3. The molecule has 1 N–H and O–H groups in total. The van der Waals surface area contributed by atoms with Crippen LogP contribution in [0.4, 0.5) is 20.2 Å². The second kappa shape index (κ2) is 2.94. The smallest absolute Gasteiger partial charge is 0.244 e. The molecule has 2 rings (SSSR count). The summed E-state index contributed by atoms with van der Waals surface area (Å²) < 4.78 is 26.0. The second-order valence-corrected chi connectivity index (χ2v) is 3.19. The summed E-state index contributed by atoms with van der Waals surface area (Å²) in [4.78, 5) is 12.6. The van der Waals surface area contributed by atoms with Gasteiger partial charge in [-0.15, -0.1) is 0 Å². The van der Waals surface area contributed by atoms with E-state index < -0.39 is 11.6 Å². The number of carbonyl (C=O) groups excluding carboxylic acids is 1. The summed E-state index contributed by atoms with van der Waals surface area (Å²) in [5, 5.41) is 2.36. The van der Waals surface area contributed by atoms with Crippen LogP contribution in [0.25, 0.3) is 0 Å². The number of anilines is 2. The Balaban J connectivity index is 2.58. The average molecular weight is 198 g/mol. The molecule has 0 atom stereocenters. The maximum absolute atomic E-state index is 13.2. The van der Waals surface area contributed by atoms with Gasteiger partial charge < -0.3 is 10.2 Å². The first-order chi connectivity index (χ1) is 6.58. The van der Waals surface area contributed by atoms with Gasteiger partial charge in [0.15, 0.2) is 5.82 Å². The van der Waals surface area contributed by atoms with E-state index in [-0.39, 0.29) is 18.1 Å². The Bertz CT molecular complexity index is 406. The van der Waals surface area contributed by atoms with Crippen molar-refractivity contribution in [3.8, 4) is 0 Å². The molecule has 0 aliphatic carbocycles. The lowest BCUT2D eigenvalue weighted by Gasteiger charge is -2.27. The Labute approximate surface area is 79.3 Å². The highest BCUT2D eigenvalue weighted by Crippen LogP contribution is 2.31. The number of hydrogen-bond acceptors (Lipinski definition) is 2. The summed E-state index contributed by atoms with van der Waals surface area (Å²) in [5.74, 6) is -1.70. The SMILES string of the molecule is CN1CC(=O)Nc2c(F)cc(F)cc21. The van der Waals surface area contributed by atoms with Gasteiger partial charge in [-0.3, -0.25) is 4.79 Å². The van der Waals surface area contributed by atoms with Gasteiger partial charge in [0, 0.05) is 13.1 Å². The highest BCUT2D eigenvalue weighted by Gasteiger charge is 2.22. The van der Waals surface area contributed by atoms with Gasteiger partial charge in [-0.2, -0.15) is 0 Å². The third-order valence-corrected chi connectivity index (χ3v) is 2.09. The number of rotatable bonds is 0. The molecule has 14 heavy (non-hydrogen) atoms. The van der Waals surface area contributed by atoms with Gasteiger partial charge in [-0.05, 0) is 6.07 Å². The molecule has 5 heteroatoms. The highest BCUT2D eigenvalue weighted by atomic mass is 19.1. The van der Waals surface area contributed by atoms with E-state index in [4.69, 9.17) is 0 Å². The van der Waals surface area contributed by atoms with Crippen LogP contribution in [0.3, 0.4) is 0 Å². The fourth-order valence-corrected chi connectivity index (χ4v) is 1.46. The molecule has 1 aliphatic heterocycles. The third-order valence-electron chi connectivity index (χ3n) is 2.09. The second-order valence-electron chi connectivity index (χ2n) is 3.19. The van der Waals surface area contributed by atoms with Crippen LogP contribution >= 0.6 is 0 Å². The Morgan fingerprint density at radius 2 is 2.14 bits per heavy atom. The molecule has 0 spiro atoms. The number of likely N-dealkylation sites (N-methyl/N-ethyl adjacent to an activating group) is 1. The highest BCUT2D eigenvalue weighted by molar-refractivity contribution is 6.01. The first-order valence-corrected chi connectivity index (χ1v) is 4.08. The Morgan fingerprint density at radius 3 is 2.86 bits per heavy atom. The van der Waals surface area contributed by atoms with Crippen molar-refractivity contribution in [1.82, 2.24) is 0 Å². The lowest BCUT2D eigenvalue weighted by Crippen LogP contribution is -2.35. The summed E-state index contributed by atoms with van der Waals surface area (Å²) >= 11 is 0. The van der Waals surface area contributed by atoms with Gasteiger partial charge in [-0.1, -0.05) is 0 Å². The minimum Gasteiger partial charge on any atom is -0.363 e. The van der Waals surface area contributed by atoms with Crippen LogP contribution in [0, 0.1) is 11.6 Å². The Kier molecular flexibility index (Phi) is 1.87. The minimum absolute atomic E-state index is 0.0464. The molecule has 3 nitrogen and oxygen atoms in total. The van der Waals surface area contributed by atoms with Crippen LogP contribution in [0.2, 0.25) is 0 Å². The van der Waals surface area contributed by atoms with Gasteiger partial charge in [0.2, 0.25) is 5.91 Å². The molecule has 1 amide bonds. The number of amides is 1. The average Bonchev–Trinajstić information content (AvgIpc) is 2.07. The first kappa shape index (κ1) is 8.93. The Hall–Kier alpha value is -1.65. The standard InChI is InChI=1S/C9H8F2N2O/c1-13-4-8(14)12-9-6(11)2-5(10)3-7(9)13/h2-3H,4H2,1H3,(H,12,14). The van der Waals surface area contributed by atoms with Gasteiger partial charge in [0.1, 0.15) is 11.5 Å². The maximum atomic E-state index is 13.2. The van der Waals surface area contributed by atoms with E-state index in [9.17, 15) is 13.6 Å². The molecular formula is C9H8F2N2O. The van der Waals surface area contributed by atoms with Crippen LogP contribution in [0.5, 0.6) is 0 Å². The van der Waals surface area contributed by atoms with Crippen molar-refractivity contribution in [2.24, 2.45) is 0 Å². The van der Waals surface area contributed by atoms with Crippen molar-refractivity contribution in [2.45, 2.75) is 0 Å². The van der Waals surface area contributed by atoms with Crippen LogP contribution < -0.4 is 10.2 Å². The molecule has 0 saturated carbocycles. The molecule has 1 aliphatic rings. The molecule has 1 heterocycles. The fourth-order valence-electron chi connectivity index (χ4n) is 1.46.